The second-order valence-corrected chi connectivity index (χ2v) is 10.7. The van der Waals surface area contributed by atoms with Gasteiger partial charge in [-0.15, -0.1) is 0 Å². The molecular formula is C28H21N2O10P. The number of aromatic nitrogens is 1. The molecule has 0 saturated heterocycles. The van der Waals surface area contributed by atoms with Gasteiger partial charge in [0.2, 0.25) is 0 Å². The summed E-state index contributed by atoms with van der Waals surface area (Å²) < 4.78 is 27.8. The molecule has 4 aromatic rings. The van der Waals surface area contributed by atoms with E-state index in [1.165, 1.54) is 36.7 Å². The molecular weight excluding hydrogens is 555 g/mol. The molecule has 0 amide bonds. The van der Waals surface area contributed by atoms with Gasteiger partial charge in [-0.25, -0.2) is 9.36 Å². The lowest BCUT2D eigenvalue weighted by atomic mass is 9.77. The number of phosphoric acid groups is 1. The normalized spacial score (nSPS) is 14.9. The van der Waals surface area contributed by atoms with Crippen molar-refractivity contribution in [1.29, 1.82) is 0 Å². The molecule has 2 aliphatic rings. The Morgan fingerprint density at radius 1 is 0.976 bits per heavy atom. The van der Waals surface area contributed by atoms with Gasteiger partial charge in [-0.05, 0) is 49.4 Å². The number of fused-ring (bicyclic) bond motifs is 6. The highest BCUT2D eigenvalue weighted by atomic mass is 31.2. The number of aromatic hydroxyl groups is 3. The number of ether oxygens (including phenoxy) is 2. The lowest BCUT2D eigenvalue weighted by Gasteiger charge is -2.36. The lowest BCUT2D eigenvalue weighted by molar-refractivity contribution is 0.0224. The molecule has 0 bridgehead atoms. The fourth-order valence-corrected chi connectivity index (χ4v) is 5.28. The van der Waals surface area contributed by atoms with E-state index in [0.717, 1.165) is 0 Å². The predicted molar refractivity (Wildman–Crippen MR) is 143 cm³/mol. The molecule has 6 rings (SSSR count). The van der Waals surface area contributed by atoms with Crippen LogP contribution in [-0.2, 0) is 26.0 Å². The van der Waals surface area contributed by atoms with Crippen LogP contribution in [0.1, 0.15) is 43.9 Å². The number of aliphatic imine (C=N–C) groups is 1. The van der Waals surface area contributed by atoms with Crippen molar-refractivity contribution in [2.75, 3.05) is 0 Å². The number of carbonyl (C=O) groups is 1. The van der Waals surface area contributed by atoms with Gasteiger partial charge in [0.05, 0.1) is 23.6 Å². The first-order valence-electron chi connectivity index (χ1n) is 12.1. The van der Waals surface area contributed by atoms with Gasteiger partial charge < -0.3 is 34.6 Å². The largest absolute Gasteiger partial charge is 0.508 e. The summed E-state index contributed by atoms with van der Waals surface area (Å²) in [6.07, 6.45) is 2.62. The summed E-state index contributed by atoms with van der Waals surface area (Å²) in [7, 11) is -4.79. The third kappa shape index (κ3) is 4.48. The average molecular weight is 576 g/mol. The maximum Gasteiger partial charge on any atom is 0.469 e. The number of rotatable bonds is 5. The molecule has 12 nitrogen and oxygen atoms in total. The minimum atomic E-state index is -4.79. The first-order valence-corrected chi connectivity index (χ1v) is 13.6. The minimum absolute atomic E-state index is 0.0728. The molecule has 41 heavy (non-hydrogen) atoms. The highest BCUT2D eigenvalue weighted by molar-refractivity contribution is 7.46. The van der Waals surface area contributed by atoms with E-state index in [-0.39, 0.29) is 51.1 Å². The van der Waals surface area contributed by atoms with Crippen molar-refractivity contribution >= 4 is 25.7 Å². The molecule has 208 valence electrons. The average Bonchev–Trinajstić information content (AvgIpc) is 3.19. The van der Waals surface area contributed by atoms with E-state index in [4.69, 9.17) is 19.3 Å². The van der Waals surface area contributed by atoms with Crippen molar-refractivity contribution in [1.82, 2.24) is 4.98 Å². The first-order chi connectivity index (χ1) is 19.5. The summed E-state index contributed by atoms with van der Waals surface area (Å²) in [5, 5.41) is 30.8. The summed E-state index contributed by atoms with van der Waals surface area (Å²) in [4.78, 5) is 39.8. The molecule has 0 fully saturated rings. The van der Waals surface area contributed by atoms with Gasteiger partial charge in [0.1, 0.15) is 28.7 Å². The Labute approximate surface area is 232 Å². The van der Waals surface area contributed by atoms with Crippen LogP contribution in [0.5, 0.6) is 28.7 Å². The van der Waals surface area contributed by atoms with E-state index in [9.17, 15) is 24.7 Å². The van der Waals surface area contributed by atoms with Crippen LogP contribution in [-0.4, -0.2) is 42.3 Å². The zero-order valence-corrected chi connectivity index (χ0v) is 22.1. The van der Waals surface area contributed by atoms with Crippen molar-refractivity contribution in [3.05, 3.63) is 99.9 Å². The number of hydrogen-bond acceptors (Lipinski definition) is 10. The van der Waals surface area contributed by atoms with Crippen LogP contribution < -0.4 is 4.74 Å². The summed E-state index contributed by atoms with van der Waals surface area (Å²) in [6, 6.07) is 13.6. The molecule has 3 aromatic carbocycles. The Morgan fingerprint density at radius 2 is 1.63 bits per heavy atom. The molecule has 3 heterocycles. The molecule has 0 radical (unpaired) electrons. The summed E-state index contributed by atoms with van der Waals surface area (Å²) in [5.74, 6) is -0.541. The Morgan fingerprint density at radius 3 is 2.27 bits per heavy atom. The van der Waals surface area contributed by atoms with Crippen LogP contribution in [0.2, 0.25) is 0 Å². The van der Waals surface area contributed by atoms with Gasteiger partial charge in [-0.1, -0.05) is 0 Å². The van der Waals surface area contributed by atoms with Crippen molar-refractivity contribution in [3.8, 4) is 28.7 Å². The maximum absolute atomic E-state index is 13.1. The monoisotopic (exact) mass is 576 g/mol. The third-order valence-corrected chi connectivity index (χ3v) is 7.31. The van der Waals surface area contributed by atoms with Gasteiger partial charge in [0, 0.05) is 52.4 Å². The standard InChI is InChI=1S/C28H21N2O10P/c1-14-26(33)20(15(11-29-14)13-38-41(35,36)37)12-30-16-2-5-19-23(8-16)28(40-27(19)34)21-6-3-17(31)9-24(21)39-25-10-18(32)4-7-22(25)28/h2-12,31-33H,13H2,1H3,(H2,35,36,37). The van der Waals surface area contributed by atoms with Crippen molar-refractivity contribution < 1.29 is 48.5 Å². The summed E-state index contributed by atoms with van der Waals surface area (Å²) >= 11 is 0. The van der Waals surface area contributed by atoms with Gasteiger partial charge >= 0.3 is 13.8 Å². The van der Waals surface area contributed by atoms with Crippen molar-refractivity contribution in [3.63, 3.8) is 0 Å². The smallest absolute Gasteiger partial charge is 0.469 e. The molecule has 1 aromatic heterocycles. The van der Waals surface area contributed by atoms with Crippen LogP contribution in [0, 0.1) is 6.92 Å². The van der Waals surface area contributed by atoms with Gasteiger partial charge in [0.25, 0.3) is 0 Å². The van der Waals surface area contributed by atoms with Crippen LogP contribution in [0.4, 0.5) is 5.69 Å². The van der Waals surface area contributed by atoms with E-state index >= 15 is 0 Å². The number of esters is 1. The van der Waals surface area contributed by atoms with E-state index in [1.807, 2.05) is 0 Å². The quantitative estimate of drug-likeness (QED) is 0.128. The molecule has 13 heteroatoms. The fraction of sp³-hybridized carbons (Fsp3) is 0.107. The van der Waals surface area contributed by atoms with Gasteiger partial charge in [-0.2, -0.15) is 0 Å². The molecule has 0 unspecified atom stereocenters. The molecule has 5 N–H and O–H groups in total. The summed E-state index contributed by atoms with van der Waals surface area (Å²) in [6.45, 7) is 1.02. The third-order valence-electron chi connectivity index (χ3n) is 6.85. The van der Waals surface area contributed by atoms with Crippen LogP contribution in [0.25, 0.3) is 0 Å². The highest BCUT2D eigenvalue weighted by Gasteiger charge is 2.53. The highest BCUT2D eigenvalue weighted by Crippen LogP contribution is 2.57. The Balaban J connectivity index is 1.49. The minimum Gasteiger partial charge on any atom is -0.508 e. The Hall–Kier alpha value is -4.74. The maximum atomic E-state index is 13.1. The predicted octanol–water partition coefficient (Wildman–Crippen LogP) is 4.43. The number of carbonyl (C=O) groups excluding carboxylic acids is 1. The first kappa shape index (κ1) is 26.5. The van der Waals surface area contributed by atoms with Crippen molar-refractivity contribution in [2.45, 2.75) is 19.1 Å². The van der Waals surface area contributed by atoms with E-state index < -0.39 is 26.0 Å². The molecule has 0 saturated carbocycles. The fourth-order valence-electron chi connectivity index (χ4n) is 4.97. The number of aryl methyl sites for hydroxylation is 1. The van der Waals surface area contributed by atoms with E-state index in [1.54, 1.807) is 37.3 Å². The van der Waals surface area contributed by atoms with Crippen molar-refractivity contribution in [2.24, 2.45) is 4.99 Å². The number of hydrogen-bond donors (Lipinski definition) is 5. The number of phenolic OH excluding ortho intramolecular Hbond substituents is 2. The Bertz CT molecular complexity index is 1780. The second-order valence-electron chi connectivity index (χ2n) is 9.42. The van der Waals surface area contributed by atoms with Crippen LogP contribution in [0.3, 0.4) is 0 Å². The molecule has 0 atom stereocenters. The second kappa shape index (κ2) is 9.43. The number of phenols is 2. The SMILES string of the molecule is Cc1ncc(COP(=O)(O)O)c(C=Nc2ccc3c(c2)C2(OC3=O)c3ccc(O)cc3Oc3cc(O)ccc32)c1O. The van der Waals surface area contributed by atoms with Crippen LogP contribution in [0.15, 0.2) is 65.8 Å². The lowest BCUT2D eigenvalue weighted by Crippen LogP contribution is -2.32. The molecule has 2 aliphatic heterocycles. The van der Waals surface area contributed by atoms with Crippen LogP contribution >= 0.6 is 7.82 Å². The van der Waals surface area contributed by atoms with Gasteiger partial charge in [0.15, 0.2) is 5.60 Å². The molecule has 0 aliphatic carbocycles. The molecule has 1 spiro atoms. The summed E-state index contributed by atoms with van der Waals surface area (Å²) in [5.41, 5.74) is 1.04. The zero-order chi connectivity index (χ0) is 29.1. The Kier molecular flexibility index (Phi) is 6.09. The number of phosphoric ester groups is 1. The van der Waals surface area contributed by atoms with E-state index in [0.29, 0.717) is 22.4 Å². The topological polar surface area (TPSA) is 188 Å². The number of benzene rings is 3. The van der Waals surface area contributed by atoms with Gasteiger partial charge in [-0.3, -0.25) is 14.5 Å². The van der Waals surface area contributed by atoms with E-state index in [2.05, 4.69) is 14.5 Å². The number of pyridine rings is 1. The number of nitrogens with zero attached hydrogens (tertiary/aromatic N) is 2. The zero-order valence-electron chi connectivity index (χ0n) is 21.2.